The fraction of sp³-hybridized carbons (Fsp3) is 0.270. The summed E-state index contributed by atoms with van der Waals surface area (Å²) in [6, 6.07) is 16.6. The maximum Gasteiger partial charge on any atom is 0.335 e. The highest BCUT2D eigenvalue weighted by Gasteiger charge is 2.37. The number of aromatic nitrogens is 4. The van der Waals surface area contributed by atoms with Crippen molar-refractivity contribution in [1.29, 1.82) is 0 Å². The highest BCUT2D eigenvalue weighted by molar-refractivity contribution is 6.35. The molecule has 9 nitrogen and oxygen atoms in total. The second-order valence-electron chi connectivity index (χ2n) is 12.5. The van der Waals surface area contributed by atoms with Crippen LogP contribution in [0.3, 0.4) is 0 Å². The Hall–Kier alpha value is -5.09. The van der Waals surface area contributed by atoms with Crippen molar-refractivity contribution >= 4 is 51.1 Å². The number of carboxylic acids is 1. The lowest BCUT2D eigenvalue weighted by Crippen LogP contribution is -2.43. The van der Waals surface area contributed by atoms with E-state index in [4.69, 9.17) is 16.3 Å². The van der Waals surface area contributed by atoms with E-state index >= 15 is 0 Å². The minimum Gasteiger partial charge on any atom is -0.494 e. The van der Waals surface area contributed by atoms with E-state index in [0.717, 1.165) is 49.9 Å². The molecule has 3 aromatic heterocycles. The molecule has 0 saturated heterocycles. The number of fused-ring (bicyclic) bond motifs is 4. The molecule has 3 aromatic carbocycles. The van der Waals surface area contributed by atoms with Crippen LogP contribution < -0.4 is 9.64 Å². The molecule has 0 saturated carbocycles. The van der Waals surface area contributed by atoms with Crippen molar-refractivity contribution in [3.8, 4) is 16.9 Å². The second kappa shape index (κ2) is 11.9. The lowest BCUT2D eigenvalue weighted by Gasteiger charge is -2.34. The van der Waals surface area contributed by atoms with Crippen molar-refractivity contribution in [2.75, 3.05) is 18.1 Å². The average molecular weight is 668 g/mol. The summed E-state index contributed by atoms with van der Waals surface area (Å²) in [7, 11) is 3.80. The second-order valence-corrected chi connectivity index (χ2v) is 12.9. The smallest absolute Gasteiger partial charge is 0.335 e. The molecule has 0 bridgehead atoms. The highest BCUT2D eigenvalue weighted by Crippen LogP contribution is 2.45. The summed E-state index contributed by atoms with van der Waals surface area (Å²) in [5, 5.41) is 16.5. The van der Waals surface area contributed by atoms with E-state index in [1.54, 1.807) is 35.2 Å². The number of carboxylic acid groups (broad SMARTS) is 1. The monoisotopic (exact) mass is 667 g/mol. The predicted molar refractivity (Wildman–Crippen MR) is 185 cm³/mol. The van der Waals surface area contributed by atoms with Crippen LogP contribution in [0, 0.1) is 19.7 Å². The number of hydrogen-bond acceptors (Lipinski definition) is 4. The number of ether oxygens (including phenoxy) is 1. The van der Waals surface area contributed by atoms with Crippen molar-refractivity contribution < 1.29 is 23.8 Å². The first-order valence-electron chi connectivity index (χ1n) is 15.8. The number of aromatic carboxylic acids is 1. The molecule has 1 aliphatic heterocycles. The van der Waals surface area contributed by atoms with Crippen LogP contribution in [0.1, 0.15) is 57.2 Å². The number of rotatable bonds is 8. The van der Waals surface area contributed by atoms with Crippen molar-refractivity contribution in [3.63, 3.8) is 0 Å². The van der Waals surface area contributed by atoms with E-state index in [0.29, 0.717) is 48.3 Å². The van der Waals surface area contributed by atoms with Crippen LogP contribution in [0.5, 0.6) is 5.75 Å². The fourth-order valence-electron chi connectivity index (χ4n) is 7.20. The zero-order chi connectivity index (χ0) is 34.0. The molecule has 1 amide bonds. The van der Waals surface area contributed by atoms with Gasteiger partial charge in [-0.25, -0.2) is 9.18 Å². The Kier molecular flexibility index (Phi) is 7.78. The lowest BCUT2D eigenvalue weighted by atomic mass is 9.98. The number of halogens is 2. The molecule has 6 aromatic rings. The van der Waals surface area contributed by atoms with Crippen LogP contribution in [-0.4, -0.2) is 49.0 Å². The summed E-state index contributed by atoms with van der Waals surface area (Å²) >= 11 is 7.02. The van der Waals surface area contributed by atoms with E-state index < -0.39 is 5.97 Å². The highest BCUT2D eigenvalue weighted by atomic mass is 35.5. The number of aryl methyl sites for hydroxylation is 4. The molecule has 7 rings (SSSR count). The molecular formula is C37H35ClFN5O4. The van der Waals surface area contributed by atoms with Gasteiger partial charge in [-0.2, -0.15) is 5.10 Å². The number of carbonyl (C=O) groups excluding carboxylic acids is 1. The molecule has 4 heterocycles. The van der Waals surface area contributed by atoms with Gasteiger partial charge in [-0.05, 0) is 93.8 Å². The van der Waals surface area contributed by atoms with Gasteiger partial charge in [0, 0.05) is 59.8 Å². The van der Waals surface area contributed by atoms with E-state index in [2.05, 4.69) is 16.6 Å². The Bertz CT molecular complexity index is 2270. The number of nitrogens with zero attached hydrogens (tertiary/aromatic N) is 5. The molecule has 246 valence electrons. The minimum absolute atomic E-state index is 0.133. The van der Waals surface area contributed by atoms with Crippen LogP contribution in [0.4, 0.5) is 10.2 Å². The molecule has 1 atom stereocenters. The standard InChI is InChI=1S/C37H35ClFN5O4/c1-20-19-43(31-18-24-17-23(37(46)47)8-15-30(24)41(31)4)36(45)35-27(7-6-16-48-26-11-9-25(39)10-12-26)28-13-14-29(38)33(34(28)44(20)35)32-21(2)40-42(5)22(32)3/h8-15,17-18,20H,6-7,16,19H2,1-5H3,(H,46,47)/t20-/m1/s1. The third kappa shape index (κ3) is 5.02. The van der Waals surface area contributed by atoms with Crippen molar-refractivity contribution in [2.45, 2.75) is 39.7 Å². The van der Waals surface area contributed by atoms with E-state index in [-0.39, 0.29) is 23.3 Å². The number of carbonyl (C=O) groups is 2. The number of benzene rings is 3. The molecular weight excluding hydrogens is 633 g/mol. The Morgan fingerprint density at radius 2 is 1.81 bits per heavy atom. The van der Waals surface area contributed by atoms with Crippen molar-refractivity contribution in [3.05, 3.63) is 99.7 Å². The maximum atomic E-state index is 14.8. The summed E-state index contributed by atoms with van der Waals surface area (Å²) in [5.41, 5.74) is 7.03. The Balaban J connectivity index is 1.37. The summed E-state index contributed by atoms with van der Waals surface area (Å²) in [5.74, 6) is -0.215. The third-order valence-corrected chi connectivity index (χ3v) is 9.82. The molecule has 48 heavy (non-hydrogen) atoms. The Labute approximate surface area is 281 Å². The normalized spacial score (nSPS) is 14.7. The van der Waals surface area contributed by atoms with Crippen molar-refractivity contribution in [2.24, 2.45) is 14.1 Å². The summed E-state index contributed by atoms with van der Waals surface area (Å²) in [6.07, 6.45) is 1.16. The zero-order valence-electron chi connectivity index (χ0n) is 27.3. The van der Waals surface area contributed by atoms with E-state index in [9.17, 15) is 19.1 Å². The first-order chi connectivity index (χ1) is 23.0. The predicted octanol–water partition coefficient (Wildman–Crippen LogP) is 7.87. The topological polar surface area (TPSA) is 94.5 Å². The first kappa shape index (κ1) is 31.5. The number of hydrogen-bond donors (Lipinski definition) is 1. The van der Waals surface area contributed by atoms with Gasteiger partial charge in [0.1, 0.15) is 23.1 Å². The largest absolute Gasteiger partial charge is 0.494 e. The van der Waals surface area contributed by atoms with E-state index in [1.165, 1.54) is 12.1 Å². The van der Waals surface area contributed by atoms with Crippen LogP contribution >= 0.6 is 11.6 Å². The molecule has 11 heteroatoms. The fourth-order valence-corrected chi connectivity index (χ4v) is 7.44. The quantitative estimate of drug-likeness (QED) is 0.167. The van der Waals surface area contributed by atoms with Gasteiger partial charge in [0.15, 0.2) is 0 Å². The average Bonchev–Trinajstić information content (AvgIpc) is 3.66. The summed E-state index contributed by atoms with van der Waals surface area (Å²) in [4.78, 5) is 28.3. The molecule has 0 radical (unpaired) electrons. The van der Waals surface area contributed by atoms with Crippen molar-refractivity contribution in [1.82, 2.24) is 18.9 Å². The first-order valence-corrected chi connectivity index (χ1v) is 16.2. The molecule has 0 unspecified atom stereocenters. The maximum absolute atomic E-state index is 14.8. The van der Waals surface area contributed by atoms with Gasteiger partial charge < -0.3 is 19.0 Å². The van der Waals surface area contributed by atoms with Gasteiger partial charge in [0.2, 0.25) is 0 Å². The Morgan fingerprint density at radius 3 is 2.50 bits per heavy atom. The third-order valence-electron chi connectivity index (χ3n) is 9.51. The zero-order valence-corrected chi connectivity index (χ0v) is 28.1. The van der Waals surface area contributed by atoms with Crippen LogP contribution in [-0.2, 0) is 20.5 Å². The van der Waals surface area contributed by atoms with Crippen LogP contribution in [0.25, 0.3) is 32.9 Å². The Morgan fingerprint density at radius 1 is 1.06 bits per heavy atom. The van der Waals surface area contributed by atoms with Gasteiger partial charge in [0.25, 0.3) is 5.91 Å². The van der Waals surface area contributed by atoms with Gasteiger partial charge in [-0.1, -0.05) is 17.7 Å². The van der Waals surface area contributed by atoms with E-state index in [1.807, 2.05) is 55.4 Å². The summed E-state index contributed by atoms with van der Waals surface area (Å²) < 4.78 is 25.3. The number of amides is 1. The molecule has 0 fully saturated rings. The molecule has 0 aliphatic carbocycles. The van der Waals surface area contributed by atoms with Gasteiger partial charge in [-0.15, -0.1) is 0 Å². The molecule has 1 N–H and O–H groups in total. The molecule has 0 spiro atoms. The van der Waals surface area contributed by atoms with Crippen LogP contribution in [0.15, 0.2) is 60.7 Å². The minimum atomic E-state index is -1.00. The number of anilines is 1. The summed E-state index contributed by atoms with van der Waals surface area (Å²) in [6.45, 7) is 6.86. The van der Waals surface area contributed by atoms with Crippen LogP contribution in [0.2, 0.25) is 5.02 Å². The van der Waals surface area contributed by atoms with Gasteiger partial charge >= 0.3 is 5.97 Å². The SMILES string of the molecule is Cc1nn(C)c(C)c1-c1c(Cl)ccc2c(CCCOc3ccc(F)cc3)c3n(c12)[C@H](C)CN(c1cc2cc(C(=O)O)ccc2n1C)C3=O. The van der Waals surface area contributed by atoms with Gasteiger partial charge in [0.05, 0.1) is 28.4 Å². The molecule has 1 aliphatic rings. The van der Waals surface area contributed by atoms with Gasteiger partial charge in [-0.3, -0.25) is 14.4 Å². The lowest BCUT2D eigenvalue weighted by molar-refractivity contribution is 0.0696.